The number of pyridine rings is 1. The van der Waals surface area contributed by atoms with Crippen molar-refractivity contribution in [2.75, 3.05) is 65.5 Å². The number of H-pyrrole nitrogens is 1. The summed E-state index contributed by atoms with van der Waals surface area (Å²) in [5, 5.41) is 11.5. The number of halogens is 1. The van der Waals surface area contributed by atoms with Crippen molar-refractivity contribution >= 4 is 34.0 Å². The third kappa shape index (κ3) is 7.40. The van der Waals surface area contributed by atoms with Gasteiger partial charge in [0.1, 0.15) is 23.9 Å². The number of nitrogens with zero attached hydrogens (tertiary/aromatic N) is 6. The number of aromatic amines is 1. The SMILES string of the molecule is COCCOc1ccc(-c2n[nH]c3ccc(NC(=O)[C@]4(OC)CCN(CC(=O)N5CC=C(c6ncc(-c7ncccn7)cc6F)CC5)C4)cc23)cc1. The number of anilines is 1. The summed E-state index contributed by atoms with van der Waals surface area (Å²) >= 11 is 0. The Labute approximate surface area is 299 Å². The van der Waals surface area contributed by atoms with Crippen molar-refractivity contribution in [2.45, 2.75) is 18.4 Å². The third-order valence-corrected chi connectivity index (χ3v) is 9.51. The average Bonchev–Trinajstić information content (AvgIpc) is 3.80. The molecule has 1 atom stereocenters. The second kappa shape index (κ2) is 15.4. The summed E-state index contributed by atoms with van der Waals surface area (Å²) in [6.07, 6.45) is 7.50. The fraction of sp³-hybridized carbons (Fsp3) is 0.316. The van der Waals surface area contributed by atoms with E-state index in [1.165, 1.54) is 13.2 Å². The van der Waals surface area contributed by atoms with E-state index in [9.17, 15) is 9.59 Å². The van der Waals surface area contributed by atoms with Crippen molar-refractivity contribution in [3.8, 4) is 28.4 Å². The molecule has 7 rings (SSSR count). The van der Waals surface area contributed by atoms with Gasteiger partial charge in [-0.3, -0.25) is 24.6 Å². The molecule has 1 saturated heterocycles. The quantitative estimate of drug-likeness (QED) is 0.177. The Bertz CT molecular complexity index is 2090. The summed E-state index contributed by atoms with van der Waals surface area (Å²) in [6, 6.07) is 16.3. The van der Waals surface area contributed by atoms with Crippen LogP contribution in [0.25, 0.3) is 39.1 Å². The predicted molar refractivity (Wildman–Crippen MR) is 193 cm³/mol. The number of methoxy groups -OCH3 is 2. The fourth-order valence-corrected chi connectivity index (χ4v) is 6.59. The van der Waals surface area contributed by atoms with Crippen LogP contribution in [0, 0.1) is 5.82 Å². The minimum Gasteiger partial charge on any atom is -0.491 e. The molecular formula is C38H39FN8O5. The Kier molecular flexibility index (Phi) is 10.3. The van der Waals surface area contributed by atoms with Crippen LogP contribution >= 0.6 is 0 Å². The van der Waals surface area contributed by atoms with Gasteiger partial charge in [-0.2, -0.15) is 5.10 Å². The van der Waals surface area contributed by atoms with E-state index in [1.807, 2.05) is 53.4 Å². The van der Waals surface area contributed by atoms with Gasteiger partial charge >= 0.3 is 0 Å². The lowest BCUT2D eigenvalue weighted by atomic mass is 10.0. The fourth-order valence-electron chi connectivity index (χ4n) is 6.59. The smallest absolute Gasteiger partial charge is 0.258 e. The molecule has 0 saturated carbocycles. The molecular weight excluding hydrogens is 667 g/mol. The molecule has 5 aromatic rings. The molecule has 52 heavy (non-hydrogen) atoms. The molecule has 1 fully saturated rings. The summed E-state index contributed by atoms with van der Waals surface area (Å²) in [7, 11) is 3.15. The van der Waals surface area contributed by atoms with Crippen molar-refractivity contribution in [1.82, 2.24) is 34.9 Å². The number of carbonyl (C=O) groups is 2. The first-order valence-corrected chi connectivity index (χ1v) is 17.0. The second-order valence-corrected chi connectivity index (χ2v) is 12.8. The van der Waals surface area contributed by atoms with Crippen LogP contribution in [0.2, 0.25) is 0 Å². The molecule has 0 spiro atoms. The monoisotopic (exact) mass is 706 g/mol. The molecule has 0 aliphatic carbocycles. The number of amides is 2. The van der Waals surface area contributed by atoms with Gasteiger partial charge in [-0.25, -0.2) is 14.4 Å². The highest BCUT2D eigenvalue weighted by molar-refractivity contribution is 6.01. The summed E-state index contributed by atoms with van der Waals surface area (Å²) in [4.78, 5) is 43.4. The van der Waals surface area contributed by atoms with Gasteiger partial charge in [0.05, 0.1) is 24.4 Å². The molecule has 0 unspecified atom stereocenters. The Morgan fingerprint density at radius 1 is 0.981 bits per heavy atom. The molecule has 2 amide bonds. The molecule has 0 bridgehead atoms. The lowest BCUT2D eigenvalue weighted by Gasteiger charge is -2.29. The molecule has 5 heterocycles. The lowest BCUT2D eigenvalue weighted by Crippen LogP contribution is -2.48. The molecule has 2 aliphatic rings. The van der Waals surface area contributed by atoms with Crippen molar-refractivity contribution in [3.63, 3.8) is 0 Å². The van der Waals surface area contributed by atoms with Crippen LogP contribution in [0.15, 0.2) is 79.3 Å². The molecule has 2 N–H and O–H groups in total. The van der Waals surface area contributed by atoms with Crippen LogP contribution in [0.5, 0.6) is 5.75 Å². The maximum absolute atomic E-state index is 15.0. The van der Waals surface area contributed by atoms with E-state index < -0.39 is 11.4 Å². The van der Waals surface area contributed by atoms with Crippen molar-refractivity contribution in [3.05, 3.63) is 90.8 Å². The lowest BCUT2D eigenvalue weighted by molar-refractivity contribution is -0.138. The number of ether oxygens (including phenoxy) is 3. The molecule has 0 radical (unpaired) electrons. The van der Waals surface area contributed by atoms with Crippen molar-refractivity contribution in [2.24, 2.45) is 0 Å². The zero-order chi connectivity index (χ0) is 36.1. The number of aromatic nitrogens is 5. The Hall–Kier alpha value is -5.57. The number of rotatable bonds is 12. The standard InChI is InChI=1S/C38H39FN8O5/c1-50-18-19-52-29-7-4-25(5-8-29)34-30-21-28(6-9-32(30)44-45-34)43-37(49)38(51-2)12-17-46(24-38)23-33(48)47-15-10-26(11-16-47)35-31(39)20-27(22-42-35)36-40-13-3-14-41-36/h3-10,13-14,20-22H,11-12,15-19,23-24H2,1-2H3,(H,43,49)(H,44,45)/t38-/m0/s1. The van der Waals surface area contributed by atoms with Gasteiger partial charge in [0.2, 0.25) is 5.91 Å². The molecule has 14 heteroatoms. The van der Waals surface area contributed by atoms with Gasteiger partial charge in [0.15, 0.2) is 11.4 Å². The summed E-state index contributed by atoms with van der Waals surface area (Å²) in [5.74, 6) is 0.332. The first-order valence-electron chi connectivity index (χ1n) is 17.0. The van der Waals surface area contributed by atoms with Crippen LogP contribution < -0.4 is 10.1 Å². The number of hydrogen-bond donors (Lipinski definition) is 2. The number of likely N-dealkylation sites (tertiary alicyclic amines) is 1. The first kappa shape index (κ1) is 34.9. The molecule has 13 nitrogen and oxygen atoms in total. The normalized spacial score (nSPS) is 17.7. The van der Waals surface area contributed by atoms with Crippen LogP contribution in [-0.2, 0) is 19.1 Å². The van der Waals surface area contributed by atoms with E-state index in [-0.39, 0.29) is 30.6 Å². The first-order chi connectivity index (χ1) is 25.4. The second-order valence-electron chi connectivity index (χ2n) is 12.8. The van der Waals surface area contributed by atoms with E-state index in [0.29, 0.717) is 62.8 Å². The Morgan fingerprint density at radius 3 is 2.54 bits per heavy atom. The number of hydrogen-bond acceptors (Lipinski definition) is 10. The van der Waals surface area contributed by atoms with E-state index in [0.717, 1.165) is 33.5 Å². The van der Waals surface area contributed by atoms with Crippen LogP contribution in [0.3, 0.4) is 0 Å². The zero-order valence-corrected chi connectivity index (χ0v) is 29.0. The summed E-state index contributed by atoms with van der Waals surface area (Å²) in [6.45, 7) is 2.66. The third-order valence-electron chi connectivity index (χ3n) is 9.51. The topological polar surface area (TPSA) is 148 Å². The predicted octanol–water partition coefficient (Wildman–Crippen LogP) is 4.59. The highest BCUT2D eigenvalue weighted by atomic mass is 19.1. The van der Waals surface area contributed by atoms with E-state index >= 15 is 4.39 Å². The van der Waals surface area contributed by atoms with Crippen LogP contribution in [0.4, 0.5) is 10.1 Å². The summed E-state index contributed by atoms with van der Waals surface area (Å²) < 4.78 is 31.6. The molecule has 2 aliphatic heterocycles. The van der Waals surface area contributed by atoms with Gasteiger partial charge in [-0.15, -0.1) is 0 Å². The number of carbonyl (C=O) groups excluding carboxylic acids is 2. The number of benzene rings is 2. The van der Waals surface area contributed by atoms with Gasteiger partial charge in [-0.1, -0.05) is 6.08 Å². The minimum atomic E-state index is -1.12. The molecule has 3 aromatic heterocycles. The van der Waals surface area contributed by atoms with E-state index in [4.69, 9.17) is 14.2 Å². The van der Waals surface area contributed by atoms with Crippen molar-refractivity contribution < 1.29 is 28.2 Å². The Morgan fingerprint density at radius 2 is 1.81 bits per heavy atom. The van der Waals surface area contributed by atoms with E-state index in [2.05, 4.69) is 30.5 Å². The van der Waals surface area contributed by atoms with Crippen LogP contribution in [0.1, 0.15) is 18.5 Å². The highest BCUT2D eigenvalue weighted by Gasteiger charge is 2.45. The van der Waals surface area contributed by atoms with Crippen molar-refractivity contribution in [1.29, 1.82) is 0 Å². The number of nitrogens with one attached hydrogen (secondary N) is 2. The van der Waals surface area contributed by atoms with Gasteiger partial charge in [0, 0.05) is 81.2 Å². The van der Waals surface area contributed by atoms with E-state index in [1.54, 1.807) is 36.7 Å². The van der Waals surface area contributed by atoms with Gasteiger partial charge in [0.25, 0.3) is 5.91 Å². The van der Waals surface area contributed by atoms with Crippen LogP contribution in [-0.4, -0.2) is 113 Å². The number of fused-ring (bicyclic) bond motifs is 1. The maximum atomic E-state index is 15.0. The average molecular weight is 707 g/mol. The highest BCUT2D eigenvalue weighted by Crippen LogP contribution is 2.32. The summed E-state index contributed by atoms with van der Waals surface area (Å²) in [5.41, 5.74) is 3.48. The zero-order valence-electron chi connectivity index (χ0n) is 29.0. The maximum Gasteiger partial charge on any atom is 0.258 e. The molecule has 2 aromatic carbocycles. The van der Waals surface area contributed by atoms with Gasteiger partial charge < -0.3 is 24.4 Å². The minimum absolute atomic E-state index is 0.0693. The Balaban J connectivity index is 0.955. The molecule has 268 valence electrons. The largest absolute Gasteiger partial charge is 0.491 e. The van der Waals surface area contributed by atoms with Gasteiger partial charge in [-0.05, 0) is 73.0 Å².